The van der Waals surface area contributed by atoms with E-state index < -0.39 is 15.9 Å². The Balaban J connectivity index is 2.03. The number of hydrogen-bond acceptors (Lipinski definition) is 5. The fourth-order valence-electron chi connectivity index (χ4n) is 3.65. The predicted octanol–water partition coefficient (Wildman–Crippen LogP) is 1.62. The van der Waals surface area contributed by atoms with Gasteiger partial charge in [0.15, 0.2) is 9.84 Å². The number of aliphatic hydroxyl groups is 2. The van der Waals surface area contributed by atoms with Gasteiger partial charge in [0.05, 0.1) is 30.3 Å². The van der Waals surface area contributed by atoms with Crippen LogP contribution < -0.4 is 0 Å². The molecule has 2 N–H and O–H groups in total. The van der Waals surface area contributed by atoms with Crippen LogP contribution in [0.3, 0.4) is 0 Å². The SMILES string of the molecule is O=S1(=O)CC[C@@H](N(C[C@H](O)CO)C(c2ccccc2)c2ccccc2)C1. The molecule has 0 bridgehead atoms. The molecule has 0 aliphatic carbocycles. The molecule has 0 amide bonds. The van der Waals surface area contributed by atoms with Crippen molar-refractivity contribution in [2.45, 2.75) is 24.6 Å². The summed E-state index contributed by atoms with van der Waals surface area (Å²) >= 11 is 0. The first-order chi connectivity index (χ1) is 12.5. The molecule has 0 spiro atoms. The third-order valence-corrected chi connectivity index (χ3v) is 6.62. The molecule has 3 rings (SSSR count). The van der Waals surface area contributed by atoms with E-state index in [-0.39, 0.29) is 36.7 Å². The first kappa shape index (κ1) is 19.0. The smallest absolute Gasteiger partial charge is 0.151 e. The lowest BCUT2D eigenvalue weighted by molar-refractivity contribution is 0.0358. The molecule has 1 aliphatic heterocycles. The minimum atomic E-state index is -3.07. The van der Waals surface area contributed by atoms with Gasteiger partial charge >= 0.3 is 0 Å². The summed E-state index contributed by atoms with van der Waals surface area (Å²) in [6.45, 7) is -0.141. The van der Waals surface area contributed by atoms with E-state index in [2.05, 4.69) is 0 Å². The van der Waals surface area contributed by atoms with Gasteiger partial charge < -0.3 is 10.2 Å². The summed E-state index contributed by atoms with van der Waals surface area (Å²) in [4.78, 5) is 2.04. The van der Waals surface area contributed by atoms with Gasteiger partial charge in [-0.15, -0.1) is 0 Å². The average molecular weight is 375 g/mol. The van der Waals surface area contributed by atoms with Crippen molar-refractivity contribution in [2.75, 3.05) is 24.7 Å². The van der Waals surface area contributed by atoms with E-state index in [9.17, 15) is 18.6 Å². The summed E-state index contributed by atoms with van der Waals surface area (Å²) in [5.41, 5.74) is 2.07. The fourth-order valence-corrected chi connectivity index (χ4v) is 5.39. The van der Waals surface area contributed by atoms with Gasteiger partial charge in [-0.1, -0.05) is 60.7 Å². The summed E-state index contributed by atoms with van der Waals surface area (Å²) in [5.74, 6) is 0.251. The molecule has 0 aromatic heterocycles. The van der Waals surface area contributed by atoms with E-state index in [1.807, 2.05) is 65.6 Å². The van der Waals surface area contributed by atoms with Crippen LogP contribution in [0.15, 0.2) is 60.7 Å². The zero-order valence-corrected chi connectivity index (χ0v) is 15.4. The third-order valence-electron chi connectivity index (χ3n) is 4.87. The zero-order chi connectivity index (χ0) is 18.6. The van der Waals surface area contributed by atoms with E-state index in [4.69, 9.17) is 0 Å². The van der Waals surface area contributed by atoms with Gasteiger partial charge in [0.25, 0.3) is 0 Å². The molecule has 0 unspecified atom stereocenters. The van der Waals surface area contributed by atoms with Gasteiger partial charge in [0.1, 0.15) is 0 Å². The highest BCUT2D eigenvalue weighted by Gasteiger charge is 2.37. The zero-order valence-electron chi connectivity index (χ0n) is 14.6. The van der Waals surface area contributed by atoms with Gasteiger partial charge in [0, 0.05) is 12.6 Å². The van der Waals surface area contributed by atoms with Gasteiger partial charge in [-0.25, -0.2) is 8.42 Å². The van der Waals surface area contributed by atoms with Crippen molar-refractivity contribution in [3.8, 4) is 0 Å². The van der Waals surface area contributed by atoms with Crippen molar-refractivity contribution in [3.05, 3.63) is 71.8 Å². The Labute approximate surface area is 154 Å². The van der Waals surface area contributed by atoms with Crippen LogP contribution in [0.1, 0.15) is 23.6 Å². The Kier molecular flexibility index (Phi) is 6.09. The summed E-state index contributed by atoms with van der Waals surface area (Å²) in [6, 6.07) is 19.4. The van der Waals surface area contributed by atoms with Crippen LogP contribution in [0.5, 0.6) is 0 Å². The molecule has 26 heavy (non-hydrogen) atoms. The maximum absolute atomic E-state index is 12.1. The summed E-state index contributed by atoms with van der Waals surface area (Å²) in [6.07, 6.45) is -0.385. The van der Waals surface area contributed by atoms with Crippen LogP contribution in [-0.2, 0) is 9.84 Å². The topological polar surface area (TPSA) is 77.8 Å². The van der Waals surface area contributed by atoms with E-state index >= 15 is 0 Å². The molecule has 6 heteroatoms. The predicted molar refractivity (Wildman–Crippen MR) is 102 cm³/mol. The highest BCUT2D eigenvalue weighted by atomic mass is 32.2. The second kappa shape index (κ2) is 8.31. The largest absolute Gasteiger partial charge is 0.394 e. The minimum absolute atomic E-state index is 0.0846. The quantitative estimate of drug-likeness (QED) is 0.769. The highest BCUT2D eigenvalue weighted by molar-refractivity contribution is 7.91. The summed E-state index contributed by atoms with van der Waals surface area (Å²) < 4.78 is 24.1. The number of benzene rings is 2. The van der Waals surface area contributed by atoms with Crippen molar-refractivity contribution in [1.29, 1.82) is 0 Å². The monoisotopic (exact) mass is 375 g/mol. The molecule has 1 heterocycles. The second-order valence-electron chi connectivity index (χ2n) is 6.81. The number of nitrogens with zero attached hydrogens (tertiary/aromatic N) is 1. The van der Waals surface area contributed by atoms with Crippen molar-refractivity contribution >= 4 is 9.84 Å². The van der Waals surface area contributed by atoms with Crippen LogP contribution in [0, 0.1) is 0 Å². The molecule has 5 nitrogen and oxygen atoms in total. The maximum Gasteiger partial charge on any atom is 0.151 e. The molecule has 2 aromatic carbocycles. The number of hydrogen-bond donors (Lipinski definition) is 2. The summed E-state index contributed by atoms with van der Waals surface area (Å²) in [7, 11) is -3.07. The number of sulfone groups is 1. The minimum Gasteiger partial charge on any atom is -0.394 e. The van der Waals surface area contributed by atoms with Gasteiger partial charge in [0.2, 0.25) is 0 Å². The summed E-state index contributed by atoms with van der Waals surface area (Å²) in [5, 5.41) is 19.5. The maximum atomic E-state index is 12.1. The van der Waals surface area contributed by atoms with Crippen molar-refractivity contribution < 1.29 is 18.6 Å². The normalized spacial score (nSPS) is 20.5. The number of aliphatic hydroxyl groups excluding tert-OH is 2. The molecule has 140 valence electrons. The first-order valence-electron chi connectivity index (χ1n) is 8.85. The number of rotatable bonds is 7. The Bertz CT molecular complexity index is 756. The van der Waals surface area contributed by atoms with Crippen LogP contribution in [0.2, 0.25) is 0 Å². The van der Waals surface area contributed by atoms with E-state index in [0.29, 0.717) is 6.42 Å². The molecule has 1 aliphatic rings. The van der Waals surface area contributed by atoms with E-state index in [1.165, 1.54) is 0 Å². The Morgan fingerprint density at radius 2 is 1.54 bits per heavy atom. The third kappa shape index (κ3) is 4.51. The molecule has 2 atom stereocenters. The van der Waals surface area contributed by atoms with Gasteiger partial charge in [-0.2, -0.15) is 0 Å². The van der Waals surface area contributed by atoms with Crippen LogP contribution in [0.25, 0.3) is 0 Å². The standard InChI is InChI=1S/C20H25NO4S/c22-14-19(23)13-21(18-11-12-26(24,25)15-18)20(16-7-3-1-4-8-16)17-9-5-2-6-10-17/h1-10,18-20,22-23H,11-15H2/t18-,19+/m1/s1. The van der Waals surface area contributed by atoms with Crippen LogP contribution in [-0.4, -0.2) is 60.3 Å². The van der Waals surface area contributed by atoms with Crippen molar-refractivity contribution in [1.82, 2.24) is 4.90 Å². The molecule has 0 saturated carbocycles. The van der Waals surface area contributed by atoms with Gasteiger partial charge in [-0.3, -0.25) is 4.90 Å². The Morgan fingerprint density at radius 3 is 1.96 bits per heavy atom. The van der Waals surface area contributed by atoms with Crippen molar-refractivity contribution in [3.63, 3.8) is 0 Å². The van der Waals surface area contributed by atoms with Crippen molar-refractivity contribution in [2.24, 2.45) is 0 Å². The Hall–Kier alpha value is -1.73. The van der Waals surface area contributed by atoms with E-state index in [1.54, 1.807) is 0 Å². The molecular formula is C20H25NO4S. The molecule has 0 radical (unpaired) electrons. The molecule has 2 aromatic rings. The average Bonchev–Trinajstić information content (AvgIpc) is 3.02. The second-order valence-corrected chi connectivity index (χ2v) is 9.04. The lowest BCUT2D eigenvalue weighted by Crippen LogP contribution is -2.45. The van der Waals surface area contributed by atoms with Gasteiger partial charge in [-0.05, 0) is 17.5 Å². The first-order valence-corrected chi connectivity index (χ1v) is 10.7. The van der Waals surface area contributed by atoms with Crippen LogP contribution >= 0.6 is 0 Å². The highest BCUT2D eigenvalue weighted by Crippen LogP contribution is 2.33. The Morgan fingerprint density at radius 1 is 1.00 bits per heavy atom. The fraction of sp³-hybridized carbons (Fsp3) is 0.400. The molecule has 1 fully saturated rings. The van der Waals surface area contributed by atoms with Crippen LogP contribution in [0.4, 0.5) is 0 Å². The lowest BCUT2D eigenvalue weighted by Gasteiger charge is -2.37. The molecule has 1 saturated heterocycles. The molecular weight excluding hydrogens is 350 g/mol. The lowest BCUT2D eigenvalue weighted by atomic mass is 9.95. The van der Waals surface area contributed by atoms with E-state index in [0.717, 1.165) is 11.1 Å².